The molecule has 0 aromatic heterocycles. The van der Waals surface area contributed by atoms with Gasteiger partial charge in [-0.05, 0) is 23.8 Å². The number of hydrogen-bond donors (Lipinski definition) is 1. The van der Waals surface area contributed by atoms with Gasteiger partial charge < -0.3 is 14.6 Å². The van der Waals surface area contributed by atoms with E-state index in [1.54, 1.807) is 48.5 Å². The maximum atomic E-state index is 14.7. The van der Waals surface area contributed by atoms with Crippen molar-refractivity contribution in [3.8, 4) is 0 Å². The van der Waals surface area contributed by atoms with E-state index in [9.17, 15) is 19.1 Å². The molecule has 0 unspecified atom stereocenters. The Morgan fingerprint density at radius 3 is 2.46 bits per heavy atom. The average molecular weight is 423 g/mol. The van der Waals surface area contributed by atoms with Gasteiger partial charge in [0.25, 0.3) is 0 Å². The zero-order valence-electron chi connectivity index (χ0n) is 13.5. The van der Waals surface area contributed by atoms with E-state index in [-0.39, 0.29) is 12.2 Å². The highest BCUT2D eigenvalue weighted by Crippen LogP contribution is 2.41. The molecule has 1 saturated heterocycles. The van der Waals surface area contributed by atoms with Gasteiger partial charge in [0.2, 0.25) is 0 Å². The molecule has 0 saturated carbocycles. The Labute approximate surface area is 157 Å². The highest BCUT2D eigenvalue weighted by atomic mass is 79.9. The molecular weight excluding hydrogens is 407 g/mol. The lowest BCUT2D eigenvalue weighted by molar-refractivity contribution is 0.00754. The summed E-state index contributed by atoms with van der Waals surface area (Å²) < 4.78 is 25.5. The van der Waals surface area contributed by atoms with Gasteiger partial charge in [-0.1, -0.05) is 52.3 Å². The smallest absolute Gasteiger partial charge is 0.338 e. The van der Waals surface area contributed by atoms with E-state index in [0.717, 1.165) is 0 Å². The van der Waals surface area contributed by atoms with Crippen LogP contribution in [0.3, 0.4) is 0 Å². The van der Waals surface area contributed by atoms with Crippen molar-refractivity contribution >= 4 is 27.9 Å². The molecular formula is C19H16BrFO5. The molecule has 26 heavy (non-hydrogen) atoms. The van der Waals surface area contributed by atoms with Crippen LogP contribution in [0.4, 0.5) is 4.39 Å². The Morgan fingerprint density at radius 1 is 1.12 bits per heavy atom. The van der Waals surface area contributed by atoms with Crippen molar-refractivity contribution in [2.45, 2.75) is 23.2 Å². The van der Waals surface area contributed by atoms with Gasteiger partial charge in [-0.3, -0.25) is 0 Å². The third-order valence-corrected chi connectivity index (χ3v) is 4.96. The van der Waals surface area contributed by atoms with Crippen molar-refractivity contribution in [1.82, 2.24) is 0 Å². The summed E-state index contributed by atoms with van der Waals surface area (Å²) in [7, 11) is 0. The molecule has 2 aromatic carbocycles. The van der Waals surface area contributed by atoms with Crippen LogP contribution in [0.15, 0.2) is 54.6 Å². The first-order valence-corrected chi connectivity index (χ1v) is 8.88. The van der Waals surface area contributed by atoms with Crippen molar-refractivity contribution in [1.29, 1.82) is 0 Å². The molecule has 0 bridgehead atoms. The van der Waals surface area contributed by atoms with Crippen molar-refractivity contribution in [3.63, 3.8) is 0 Å². The molecule has 5 nitrogen and oxygen atoms in total. The lowest BCUT2D eigenvalue weighted by atomic mass is 9.88. The Hall–Kier alpha value is -2.25. The van der Waals surface area contributed by atoms with Crippen molar-refractivity contribution in [3.05, 3.63) is 71.3 Å². The molecule has 1 fully saturated rings. The van der Waals surface area contributed by atoms with Gasteiger partial charge in [0.05, 0.1) is 11.1 Å². The quantitative estimate of drug-likeness (QED) is 0.586. The Kier molecular flexibility index (Phi) is 5.68. The summed E-state index contributed by atoms with van der Waals surface area (Å²) >= 11 is 3.11. The van der Waals surface area contributed by atoms with Gasteiger partial charge in [0.1, 0.15) is 23.9 Å². The van der Waals surface area contributed by atoms with E-state index in [1.165, 1.54) is 6.07 Å². The van der Waals surface area contributed by atoms with Gasteiger partial charge in [-0.2, -0.15) is 0 Å². The lowest BCUT2D eigenvalue weighted by Crippen LogP contribution is -2.27. The van der Waals surface area contributed by atoms with E-state index >= 15 is 0 Å². The first kappa shape index (κ1) is 18.5. The van der Waals surface area contributed by atoms with Gasteiger partial charge in [-0.15, -0.1) is 0 Å². The standard InChI is InChI=1S/C19H16BrFO5/c20-17-16(21)15(12-8-4-5-9-13(12)18(22)23)14(26-17)10-25-19(24)11-6-2-1-3-7-11/h1-9,14-17H,10H2,(H,22,23)/t14-,15+,16-,17-/m0/s1. The van der Waals surface area contributed by atoms with Crippen LogP contribution in [0, 0.1) is 0 Å². The lowest BCUT2D eigenvalue weighted by Gasteiger charge is -2.21. The van der Waals surface area contributed by atoms with Crippen LogP contribution in [-0.4, -0.2) is 40.9 Å². The predicted molar refractivity (Wildman–Crippen MR) is 95.4 cm³/mol. The fourth-order valence-electron chi connectivity index (χ4n) is 3.01. The summed E-state index contributed by atoms with van der Waals surface area (Å²) in [4.78, 5) is 23.6. The Bertz CT molecular complexity index is 798. The minimum absolute atomic E-state index is 0.00439. The number of hydrogen-bond acceptors (Lipinski definition) is 4. The number of esters is 1. The van der Waals surface area contributed by atoms with E-state index in [0.29, 0.717) is 11.1 Å². The zero-order valence-corrected chi connectivity index (χ0v) is 15.1. The van der Waals surface area contributed by atoms with E-state index in [4.69, 9.17) is 9.47 Å². The Balaban J connectivity index is 1.80. The number of carboxylic acids is 1. The second-order valence-electron chi connectivity index (χ2n) is 5.85. The number of carbonyl (C=O) groups is 2. The zero-order chi connectivity index (χ0) is 18.7. The normalized spacial score (nSPS) is 25.0. The van der Waals surface area contributed by atoms with Crippen LogP contribution in [-0.2, 0) is 9.47 Å². The maximum absolute atomic E-state index is 14.7. The summed E-state index contributed by atoms with van der Waals surface area (Å²) in [5, 5.41) is 8.46. The molecule has 3 rings (SSSR count). The van der Waals surface area contributed by atoms with E-state index < -0.39 is 35.1 Å². The minimum Gasteiger partial charge on any atom is -0.478 e. The summed E-state index contributed by atoms with van der Waals surface area (Å²) in [5.74, 6) is -2.56. The summed E-state index contributed by atoms with van der Waals surface area (Å²) in [5.41, 5.74) is 0.695. The highest BCUT2D eigenvalue weighted by molar-refractivity contribution is 9.09. The molecule has 0 aliphatic carbocycles. The molecule has 0 spiro atoms. The molecule has 2 aromatic rings. The molecule has 1 N–H and O–H groups in total. The molecule has 7 heteroatoms. The monoisotopic (exact) mass is 422 g/mol. The SMILES string of the molecule is O=C(OC[C@@H]1O[C@H](Br)[C@@H](F)[C@@H]1c1ccccc1C(=O)O)c1ccccc1. The number of benzene rings is 2. The fraction of sp³-hybridized carbons (Fsp3) is 0.263. The van der Waals surface area contributed by atoms with Gasteiger partial charge in [-0.25, -0.2) is 14.0 Å². The predicted octanol–water partition coefficient (Wildman–Crippen LogP) is 3.78. The third kappa shape index (κ3) is 3.78. The van der Waals surface area contributed by atoms with E-state index in [2.05, 4.69) is 15.9 Å². The third-order valence-electron chi connectivity index (χ3n) is 4.24. The molecule has 1 aliphatic rings. The van der Waals surface area contributed by atoms with Crippen LogP contribution < -0.4 is 0 Å². The Morgan fingerprint density at radius 2 is 1.77 bits per heavy atom. The number of carbonyl (C=O) groups excluding carboxylic acids is 1. The second kappa shape index (κ2) is 7.97. The molecule has 4 atom stereocenters. The molecule has 1 heterocycles. The average Bonchev–Trinajstić information content (AvgIpc) is 2.94. The van der Waals surface area contributed by atoms with Crippen LogP contribution >= 0.6 is 15.9 Å². The van der Waals surface area contributed by atoms with Gasteiger partial charge in [0, 0.05) is 5.92 Å². The molecule has 136 valence electrons. The number of alkyl halides is 2. The minimum atomic E-state index is -1.48. The number of ether oxygens (including phenoxy) is 2. The van der Waals surface area contributed by atoms with Crippen molar-refractivity contribution in [2.24, 2.45) is 0 Å². The van der Waals surface area contributed by atoms with Gasteiger partial charge >= 0.3 is 11.9 Å². The number of carboxylic acid groups (broad SMARTS) is 1. The fourth-order valence-corrected chi connectivity index (χ4v) is 3.61. The topological polar surface area (TPSA) is 72.8 Å². The summed E-state index contributed by atoms with van der Waals surface area (Å²) in [6.45, 7) is -0.186. The van der Waals surface area contributed by atoms with E-state index in [1.807, 2.05) is 0 Å². The largest absolute Gasteiger partial charge is 0.478 e. The van der Waals surface area contributed by atoms with Crippen LogP contribution in [0.2, 0.25) is 0 Å². The van der Waals surface area contributed by atoms with Crippen LogP contribution in [0.5, 0.6) is 0 Å². The molecule has 1 aliphatic heterocycles. The van der Waals surface area contributed by atoms with Crippen molar-refractivity contribution in [2.75, 3.05) is 6.61 Å². The maximum Gasteiger partial charge on any atom is 0.338 e. The first-order chi connectivity index (χ1) is 12.5. The highest BCUT2D eigenvalue weighted by Gasteiger charge is 2.46. The second-order valence-corrected chi connectivity index (χ2v) is 6.76. The van der Waals surface area contributed by atoms with Crippen LogP contribution in [0.25, 0.3) is 0 Å². The number of rotatable bonds is 5. The summed E-state index contributed by atoms with van der Waals surface area (Å²) in [6.07, 6.45) is -2.28. The number of halogens is 2. The van der Waals surface area contributed by atoms with Crippen LogP contribution in [0.1, 0.15) is 32.2 Å². The van der Waals surface area contributed by atoms with Crippen molar-refractivity contribution < 1.29 is 28.6 Å². The first-order valence-electron chi connectivity index (χ1n) is 7.97. The van der Waals surface area contributed by atoms with Gasteiger partial charge in [0.15, 0.2) is 0 Å². The molecule has 0 amide bonds. The molecule has 0 radical (unpaired) electrons. The number of aromatic carboxylic acids is 1. The summed E-state index contributed by atoms with van der Waals surface area (Å²) in [6, 6.07) is 14.6.